The minimum absolute atomic E-state index is 0. The second-order valence-corrected chi connectivity index (χ2v) is 77.8. The molecule has 46 heavy (non-hydrogen) atoms. The molecule has 0 spiro atoms. The van der Waals surface area contributed by atoms with E-state index in [1.54, 1.807) is 22.3 Å². The molecule has 6 aromatic rings. The van der Waals surface area contributed by atoms with Gasteiger partial charge in [0.2, 0.25) is 0 Å². The molecule has 0 radical (unpaired) electrons. The molecular formula is C42H40Cl2GeHf. The third kappa shape index (κ3) is 5.05. The molecule has 0 aliphatic heterocycles. The molecule has 2 atom stereocenters. The maximum atomic E-state index is 2.79. The average molecular weight is 867 g/mol. The van der Waals surface area contributed by atoms with E-state index in [0.29, 0.717) is 7.35 Å². The summed E-state index contributed by atoms with van der Waals surface area (Å²) in [6, 6.07) is 45.4. The Kier molecular flexibility index (Phi) is 8.73. The third-order valence-electron chi connectivity index (χ3n) is 10.6. The number of allylic oxidation sites excluding steroid dienone is 2. The van der Waals surface area contributed by atoms with Crippen LogP contribution in [-0.4, -0.2) is 12.2 Å². The van der Waals surface area contributed by atoms with Crippen LogP contribution in [0.2, 0.25) is 9.36 Å². The predicted octanol–water partition coefficient (Wildman–Crippen LogP) is 12.1. The van der Waals surface area contributed by atoms with Crippen LogP contribution in [0, 0.1) is 0 Å². The molecule has 0 aromatic heterocycles. The maximum absolute atomic E-state index is 3.67. The van der Waals surface area contributed by atoms with Crippen molar-refractivity contribution >= 4 is 70.7 Å². The first kappa shape index (κ1) is 33.2. The van der Waals surface area contributed by atoms with Crippen molar-refractivity contribution in [3.05, 3.63) is 155 Å². The van der Waals surface area contributed by atoms with Crippen molar-refractivity contribution < 1.29 is 15.4 Å². The zero-order valence-corrected chi connectivity index (χ0v) is 35.1. The molecule has 230 valence electrons. The summed E-state index contributed by atoms with van der Waals surface area (Å²) in [5.41, 5.74) is 14.7. The first-order valence-electron chi connectivity index (χ1n) is 15.9. The molecule has 0 N–H and O–H groups in total. The van der Waals surface area contributed by atoms with Gasteiger partial charge in [0.05, 0.1) is 0 Å². The Labute approximate surface area is 291 Å². The Morgan fingerprint density at radius 1 is 0.457 bits per heavy atom. The van der Waals surface area contributed by atoms with Crippen LogP contribution in [0.5, 0.6) is 0 Å². The fourth-order valence-corrected chi connectivity index (χ4v) is 49.5. The van der Waals surface area contributed by atoms with Crippen LogP contribution < -0.4 is 0 Å². The number of hydrogen-bond donors (Lipinski definition) is 0. The van der Waals surface area contributed by atoms with Gasteiger partial charge in [0, 0.05) is 0 Å². The van der Waals surface area contributed by atoms with E-state index in [-0.39, 0.29) is 24.8 Å². The number of halogens is 2. The zero-order valence-electron chi connectivity index (χ0n) is 26.9. The van der Waals surface area contributed by atoms with Crippen molar-refractivity contribution in [3.63, 3.8) is 0 Å². The molecule has 0 heterocycles. The van der Waals surface area contributed by atoms with Gasteiger partial charge in [0.25, 0.3) is 0 Å². The van der Waals surface area contributed by atoms with Gasteiger partial charge in [-0.05, 0) is 0 Å². The van der Waals surface area contributed by atoms with Gasteiger partial charge in [-0.2, -0.15) is 0 Å². The summed E-state index contributed by atoms with van der Waals surface area (Å²) in [6.07, 6.45) is 5.11. The molecule has 0 fully saturated rings. The Balaban J connectivity index is 0.00000186. The summed E-state index contributed by atoms with van der Waals surface area (Å²) in [7, 11) is 0. The molecule has 0 bridgehead atoms. The standard InChI is InChI=1S/2C20H15.2CH3.2ClH.GeH2.Hf/c2*1-14-12-16-8-5-11-19(20(16)13-14)18-10-4-7-15-6-2-3-9-17(15)18;;;;;;/h2*2-13H,1H3;2*1H3;2*1H;1H2;. The summed E-state index contributed by atoms with van der Waals surface area (Å²) < 4.78 is 6.69. The maximum Gasteiger partial charge on any atom is -0.147 e. The predicted molar refractivity (Wildman–Crippen MR) is 206 cm³/mol. The Morgan fingerprint density at radius 3 is 1.24 bits per heavy atom. The Morgan fingerprint density at radius 2 is 0.804 bits per heavy atom. The number of rotatable bonds is 4. The minimum Gasteiger partial charge on any atom is -0.147 e. The summed E-state index contributed by atoms with van der Waals surface area (Å²) >= 11 is -2.27. The van der Waals surface area contributed by atoms with E-state index in [1.807, 2.05) is 0 Å². The van der Waals surface area contributed by atoms with Gasteiger partial charge < -0.3 is 0 Å². The van der Waals surface area contributed by atoms with Crippen molar-refractivity contribution in [2.45, 2.75) is 30.6 Å². The van der Waals surface area contributed by atoms with Crippen LogP contribution in [0.25, 0.3) is 56.0 Å². The van der Waals surface area contributed by atoms with Crippen LogP contribution in [0.3, 0.4) is 0 Å². The van der Waals surface area contributed by atoms with Gasteiger partial charge in [-0.25, -0.2) is 0 Å². The van der Waals surface area contributed by atoms with Gasteiger partial charge in [0.15, 0.2) is 0 Å². The summed E-state index contributed by atoms with van der Waals surface area (Å²) in [5.74, 6) is 0. The second kappa shape index (κ2) is 12.1. The Hall–Kier alpha value is -2.69. The molecule has 2 aliphatic carbocycles. The SMILES string of the molecule is CC1=Cc2c(-c3cccc4ccccc34)cccc2[CH]1[Hf]([CH3])([CH3])(=[GeH2])[CH]1C(C)=Cc2c(-c3cccc4ccccc34)cccc21.Cl.Cl. The molecule has 2 unspecified atom stereocenters. The largest absolute Gasteiger partial charge is 0.147 e. The normalized spacial score (nSPS) is 17.1. The molecule has 6 aromatic carbocycles. The molecule has 2 aliphatic rings. The third-order valence-corrected chi connectivity index (χ3v) is 43.8. The van der Waals surface area contributed by atoms with Gasteiger partial charge in [-0.3, -0.25) is 0 Å². The molecule has 0 saturated carbocycles. The van der Waals surface area contributed by atoms with E-state index in [1.165, 1.54) is 67.1 Å². The second-order valence-electron chi connectivity index (χ2n) is 14.2. The monoisotopic (exact) mass is 868 g/mol. The molecule has 8 rings (SSSR count). The molecule has 4 heteroatoms. The van der Waals surface area contributed by atoms with Crippen molar-refractivity contribution in [1.29, 1.82) is 0 Å². The van der Waals surface area contributed by atoms with Gasteiger partial charge >= 0.3 is 269 Å². The van der Waals surface area contributed by atoms with Crippen molar-refractivity contribution in [2.24, 2.45) is 0 Å². The van der Waals surface area contributed by atoms with Crippen LogP contribution >= 0.6 is 24.8 Å². The first-order chi connectivity index (χ1) is 21.2. The molecule has 0 nitrogen and oxygen atoms in total. The number of hydrogen-bond acceptors (Lipinski definition) is 0. The van der Waals surface area contributed by atoms with Crippen LogP contribution in [-0.2, 0) is 15.4 Å². The van der Waals surface area contributed by atoms with E-state index < -0.39 is 15.4 Å². The quantitative estimate of drug-likeness (QED) is 0.155. The fraction of sp³-hybridized carbons (Fsp3) is 0.143. The van der Waals surface area contributed by atoms with E-state index in [4.69, 9.17) is 0 Å². The fourth-order valence-electron chi connectivity index (χ4n) is 9.18. The van der Waals surface area contributed by atoms with Crippen LogP contribution in [0.1, 0.15) is 43.5 Å². The minimum atomic E-state index is -3.67. The number of fused-ring (bicyclic) bond motifs is 4. The van der Waals surface area contributed by atoms with Gasteiger partial charge in [-0.15, -0.1) is 24.8 Å². The molecular weight excluding hydrogens is 826 g/mol. The Bertz CT molecular complexity index is 2140. The summed E-state index contributed by atoms with van der Waals surface area (Å²) in [5, 5.41) is 5.29. The van der Waals surface area contributed by atoms with Gasteiger partial charge in [-0.1, -0.05) is 0 Å². The first-order valence-corrected chi connectivity index (χ1v) is 41.9. The van der Waals surface area contributed by atoms with Crippen molar-refractivity contribution in [3.8, 4) is 22.3 Å². The topological polar surface area (TPSA) is 0 Å². The van der Waals surface area contributed by atoms with Crippen LogP contribution in [0.4, 0.5) is 0 Å². The van der Waals surface area contributed by atoms with Crippen molar-refractivity contribution in [2.75, 3.05) is 0 Å². The molecule has 0 saturated heterocycles. The van der Waals surface area contributed by atoms with E-state index in [2.05, 4.69) is 157 Å². The average Bonchev–Trinajstić information content (AvgIpc) is 3.57. The van der Waals surface area contributed by atoms with Gasteiger partial charge in [0.1, 0.15) is 0 Å². The van der Waals surface area contributed by atoms with E-state index in [9.17, 15) is 0 Å². The number of benzene rings is 6. The zero-order chi connectivity index (χ0) is 30.2. The van der Waals surface area contributed by atoms with Crippen molar-refractivity contribution in [1.82, 2.24) is 0 Å². The van der Waals surface area contributed by atoms with Crippen LogP contribution in [0.15, 0.2) is 132 Å². The van der Waals surface area contributed by atoms with E-state index >= 15 is 0 Å². The molecule has 0 amide bonds. The van der Waals surface area contributed by atoms with E-state index in [0.717, 1.165) is 0 Å². The summed E-state index contributed by atoms with van der Waals surface area (Å²) in [6.45, 7) is 4.86. The summed E-state index contributed by atoms with van der Waals surface area (Å²) in [4.78, 5) is 0. The smallest absolute Gasteiger partial charge is 0.147 e.